The molecule has 0 aliphatic carbocycles. The minimum Gasteiger partial charge on any atom is -0.445 e. The lowest BCUT2D eigenvalue weighted by molar-refractivity contribution is -0.938. The lowest BCUT2D eigenvalue weighted by Crippen LogP contribution is -2.60. The first kappa shape index (κ1) is 17.2. The van der Waals surface area contributed by atoms with Crippen molar-refractivity contribution in [1.29, 1.82) is 0 Å². The minimum absolute atomic E-state index is 0.104. The largest absolute Gasteiger partial charge is 0.445 e. The lowest BCUT2D eigenvalue weighted by Gasteiger charge is -2.45. The third-order valence-electron chi connectivity index (χ3n) is 6.36. The van der Waals surface area contributed by atoms with E-state index in [2.05, 4.69) is 19.4 Å². The standard InChI is InChI=1S/C20H21FN2O3S/c1-23(2)16-8-13(9-17(23)19-18(16)26-19)25-20(24)22-15-4-3-12(21)7-14(15)11-5-6-27-10-11/h3-7,10,13,16-19H,8-9H2,1-2H3/p+1. The molecule has 2 bridgehead atoms. The zero-order chi connectivity index (χ0) is 18.8. The fourth-order valence-corrected chi connectivity index (χ4v) is 5.53. The van der Waals surface area contributed by atoms with Crippen LogP contribution < -0.4 is 5.32 Å². The first-order valence-corrected chi connectivity index (χ1v) is 10.2. The number of hydrogen-bond donors (Lipinski definition) is 1. The smallest absolute Gasteiger partial charge is 0.411 e. The van der Waals surface area contributed by atoms with Gasteiger partial charge in [-0.25, -0.2) is 9.18 Å². The van der Waals surface area contributed by atoms with Crippen LogP contribution in [-0.2, 0) is 9.47 Å². The maximum Gasteiger partial charge on any atom is 0.411 e. The summed E-state index contributed by atoms with van der Waals surface area (Å²) < 4.78 is 26.2. The first-order chi connectivity index (χ1) is 12.9. The number of thiophene rings is 1. The SMILES string of the molecule is C[N+]1(C)C2CC(OC(=O)Nc3ccc(F)cc3-c3ccsc3)CC1C1OC12. The van der Waals surface area contributed by atoms with Gasteiger partial charge in [-0.1, -0.05) is 0 Å². The van der Waals surface area contributed by atoms with Gasteiger partial charge in [0, 0.05) is 18.4 Å². The number of carbonyl (C=O) groups is 1. The van der Waals surface area contributed by atoms with Crippen molar-refractivity contribution in [3.05, 3.63) is 40.8 Å². The second-order valence-electron chi connectivity index (χ2n) is 8.15. The van der Waals surface area contributed by atoms with E-state index < -0.39 is 6.09 Å². The third-order valence-corrected chi connectivity index (χ3v) is 7.05. The van der Waals surface area contributed by atoms with Crippen molar-refractivity contribution >= 4 is 23.1 Å². The summed E-state index contributed by atoms with van der Waals surface area (Å²) in [6, 6.07) is 7.04. The molecule has 3 aliphatic heterocycles. The van der Waals surface area contributed by atoms with Gasteiger partial charge in [-0.3, -0.25) is 5.32 Å². The van der Waals surface area contributed by atoms with Gasteiger partial charge in [0.2, 0.25) is 0 Å². The molecule has 7 heteroatoms. The van der Waals surface area contributed by atoms with Crippen molar-refractivity contribution in [2.75, 3.05) is 19.4 Å². The number of piperidine rings is 1. The molecule has 3 fully saturated rings. The summed E-state index contributed by atoms with van der Waals surface area (Å²) in [4.78, 5) is 12.5. The Labute approximate surface area is 161 Å². The van der Waals surface area contributed by atoms with Crippen molar-refractivity contribution < 1.29 is 23.1 Å². The number of amides is 1. The zero-order valence-electron chi connectivity index (χ0n) is 15.2. The Hall–Kier alpha value is -1.96. The van der Waals surface area contributed by atoms with Crippen LogP contribution in [0.5, 0.6) is 0 Å². The van der Waals surface area contributed by atoms with Gasteiger partial charge in [0.05, 0.1) is 19.8 Å². The van der Waals surface area contributed by atoms with Gasteiger partial charge in [0.1, 0.15) is 36.2 Å². The van der Waals surface area contributed by atoms with Crippen LogP contribution in [0.2, 0.25) is 0 Å². The van der Waals surface area contributed by atoms with Crippen LogP contribution in [0.3, 0.4) is 0 Å². The molecule has 27 heavy (non-hydrogen) atoms. The predicted octanol–water partition coefficient (Wildman–Crippen LogP) is 3.86. The van der Waals surface area contributed by atoms with Gasteiger partial charge < -0.3 is 14.0 Å². The number of hydrogen-bond acceptors (Lipinski definition) is 4. The number of nitrogens with zero attached hydrogens (tertiary/aromatic N) is 1. The molecule has 4 unspecified atom stereocenters. The van der Waals surface area contributed by atoms with E-state index in [0.717, 1.165) is 22.9 Å². The Morgan fingerprint density at radius 2 is 2.00 bits per heavy atom. The monoisotopic (exact) mass is 389 g/mol. The number of anilines is 1. The second kappa shape index (κ2) is 6.02. The van der Waals surface area contributed by atoms with Crippen molar-refractivity contribution in [2.45, 2.75) is 43.2 Å². The number of epoxide rings is 1. The number of fused-ring (bicyclic) bond motifs is 5. The molecule has 3 saturated heterocycles. The van der Waals surface area contributed by atoms with Crippen molar-refractivity contribution in [2.24, 2.45) is 0 Å². The third kappa shape index (κ3) is 2.85. The molecule has 4 heterocycles. The topological polar surface area (TPSA) is 50.9 Å². The molecule has 1 aromatic heterocycles. The quantitative estimate of drug-likeness (QED) is 0.641. The molecule has 2 aromatic rings. The molecule has 1 N–H and O–H groups in total. The summed E-state index contributed by atoms with van der Waals surface area (Å²) >= 11 is 1.53. The fourth-order valence-electron chi connectivity index (χ4n) is 4.87. The van der Waals surface area contributed by atoms with E-state index in [4.69, 9.17) is 9.47 Å². The Kier molecular flexibility index (Phi) is 3.83. The number of rotatable bonds is 3. The van der Waals surface area contributed by atoms with E-state index in [1.54, 1.807) is 6.07 Å². The Morgan fingerprint density at radius 1 is 1.26 bits per heavy atom. The van der Waals surface area contributed by atoms with Gasteiger partial charge in [0.25, 0.3) is 0 Å². The van der Waals surface area contributed by atoms with E-state index in [1.165, 1.54) is 23.5 Å². The predicted molar refractivity (Wildman–Crippen MR) is 101 cm³/mol. The van der Waals surface area contributed by atoms with Crippen molar-refractivity contribution in [3.8, 4) is 11.1 Å². The van der Waals surface area contributed by atoms with Crippen LogP contribution >= 0.6 is 11.3 Å². The van der Waals surface area contributed by atoms with E-state index in [1.807, 2.05) is 16.8 Å². The van der Waals surface area contributed by atoms with Crippen LogP contribution in [0.25, 0.3) is 11.1 Å². The Balaban J connectivity index is 1.29. The van der Waals surface area contributed by atoms with Crippen LogP contribution in [0.1, 0.15) is 12.8 Å². The summed E-state index contributed by atoms with van der Waals surface area (Å²) in [6.45, 7) is 0. The van der Waals surface area contributed by atoms with Crippen molar-refractivity contribution in [1.82, 2.24) is 0 Å². The highest BCUT2D eigenvalue weighted by atomic mass is 32.1. The number of nitrogens with one attached hydrogen (secondary N) is 1. The number of carbonyl (C=O) groups excluding carboxylic acids is 1. The van der Waals surface area contributed by atoms with E-state index in [0.29, 0.717) is 35.5 Å². The second-order valence-corrected chi connectivity index (χ2v) is 8.93. The average Bonchev–Trinajstić information content (AvgIpc) is 3.17. The van der Waals surface area contributed by atoms with Gasteiger partial charge >= 0.3 is 6.09 Å². The normalized spacial score (nSPS) is 32.6. The minimum atomic E-state index is -0.482. The number of quaternary nitrogens is 1. The summed E-state index contributed by atoms with van der Waals surface area (Å²) in [7, 11) is 4.49. The highest BCUT2D eigenvalue weighted by Gasteiger charge is 2.70. The zero-order valence-corrected chi connectivity index (χ0v) is 16.0. The van der Waals surface area contributed by atoms with Gasteiger partial charge in [-0.15, -0.1) is 0 Å². The molecule has 1 amide bonds. The van der Waals surface area contributed by atoms with E-state index >= 15 is 0 Å². The molecule has 5 nitrogen and oxygen atoms in total. The summed E-state index contributed by atoms with van der Waals surface area (Å²) in [5.74, 6) is -0.335. The lowest BCUT2D eigenvalue weighted by atomic mass is 9.96. The average molecular weight is 389 g/mol. The summed E-state index contributed by atoms with van der Waals surface area (Å²) in [5.41, 5.74) is 2.09. The molecule has 142 valence electrons. The van der Waals surface area contributed by atoms with Crippen LogP contribution in [0, 0.1) is 5.82 Å². The fraction of sp³-hybridized carbons (Fsp3) is 0.450. The molecule has 5 rings (SSSR count). The highest BCUT2D eigenvalue weighted by Crippen LogP contribution is 2.51. The van der Waals surface area contributed by atoms with E-state index in [-0.39, 0.29) is 11.9 Å². The molecule has 0 saturated carbocycles. The Bertz CT molecular complexity index is 865. The van der Waals surface area contributed by atoms with Crippen LogP contribution in [0.4, 0.5) is 14.9 Å². The van der Waals surface area contributed by atoms with Crippen LogP contribution in [0.15, 0.2) is 35.0 Å². The maximum absolute atomic E-state index is 13.7. The highest BCUT2D eigenvalue weighted by molar-refractivity contribution is 7.08. The number of halogens is 1. The molecule has 0 radical (unpaired) electrons. The first-order valence-electron chi connectivity index (χ1n) is 9.22. The molecular formula is C20H22FN2O3S+. The van der Waals surface area contributed by atoms with Crippen LogP contribution in [-0.4, -0.2) is 55.1 Å². The summed E-state index contributed by atoms with van der Waals surface area (Å²) in [6.07, 6.45) is 1.70. The van der Waals surface area contributed by atoms with Gasteiger partial charge in [-0.2, -0.15) is 11.3 Å². The molecular weight excluding hydrogens is 367 g/mol. The molecule has 0 spiro atoms. The molecule has 3 aliphatic rings. The number of ether oxygens (including phenoxy) is 2. The van der Waals surface area contributed by atoms with E-state index in [9.17, 15) is 9.18 Å². The Morgan fingerprint density at radius 3 is 2.67 bits per heavy atom. The van der Waals surface area contributed by atoms with Gasteiger partial charge in [-0.05, 0) is 40.6 Å². The number of likely N-dealkylation sites (N-methyl/N-ethyl adjacent to an activating group) is 1. The number of morpholine rings is 1. The van der Waals surface area contributed by atoms with Gasteiger partial charge in [0.15, 0.2) is 0 Å². The number of benzene rings is 1. The van der Waals surface area contributed by atoms with Crippen molar-refractivity contribution in [3.63, 3.8) is 0 Å². The summed E-state index contributed by atoms with van der Waals surface area (Å²) in [5, 5.41) is 6.66. The molecule has 4 atom stereocenters. The maximum atomic E-state index is 13.7. The molecule has 1 aromatic carbocycles.